The largest absolute Gasteiger partial charge is 0.368 e. The summed E-state index contributed by atoms with van der Waals surface area (Å²) in [6.45, 7) is 6.65. The number of aryl methyl sites for hydroxylation is 1. The first-order chi connectivity index (χ1) is 14.3. The predicted octanol–water partition coefficient (Wildman–Crippen LogP) is 2.47. The Morgan fingerprint density at radius 3 is 2.10 bits per heavy atom. The molecule has 0 aromatic heterocycles. The summed E-state index contributed by atoms with van der Waals surface area (Å²) in [6, 6.07) is 13.7. The first kappa shape index (κ1) is 21.8. The molecule has 0 unspecified atom stereocenters. The molecule has 0 aliphatic carbocycles. The lowest BCUT2D eigenvalue weighted by Gasteiger charge is -2.36. The van der Waals surface area contributed by atoms with Gasteiger partial charge in [0.2, 0.25) is 11.8 Å². The Morgan fingerprint density at radius 1 is 0.933 bits per heavy atom. The molecule has 1 saturated heterocycles. The SMILES string of the molecule is CCC(=O)N1CCN(c2ccc(NC(=O)CS(=O)(=O)c3ccc(C)cc3)cc2)CC1. The number of anilines is 2. The summed E-state index contributed by atoms with van der Waals surface area (Å²) < 4.78 is 24.8. The zero-order valence-electron chi connectivity index (χ0n) is 17.3. The molecule has 1 aliphatic heterocycles. The molecular weight excluding hydrogens is 402 g/mol. The third kappa shape index (κ3) is 5.38. The highest BCUT2D eigenvalue weighted by Gasteiger charge is 2.21. The fraction of sp³-hybridized carbons (Fsp3) is 0.364. The number of rotatable bonds is 6. The molecule has 2 aromatic carbocycles. The van der Waals surface area contributed by atoms with Gasteiger partial charge in [0.25, 0.3) is 0 Å². The molecule has 30 heavy (non-hydrogen) atoms. The zero-order chi connectivity index (χ0) is 21.7. The van der Waals surface area contributed by atoms with Gasteiger partial charge in [-0.2, -0.15) is 0 Å². The van der Waals surface area contributed by atoms with Gasteiger partial charge in [-0.1, -0.05) is 24.6 Å². The fourth-order valence-electron chi connectivity index (χ4n) is 3.39. The van der Waals surface area contributed by atoms with Crippen molar-refractivity contribution in [1.29, 1.82) is 0 Å². The van der Waals surface area contributed by atoms with Crippen LogP contribution in [0.2, 0.25) is 0 Å². The fourth-order valence-corrected chi connectivity index (χ4v) is 4.53. The van der Waals surface area contributed by atoms with Crippen molar-refractivity contribution in [2.75, 3.05) is 42.1 Å². The maximum Gasteiger partial charge on any atom is 0.239 e. The molecular formula is C22H27N3O4S. The van der Waals surface area contributed by atoms with Crippen LogP contribution in [0.5, 0.6) is 0 Å². The van der Waals surface area contributed by atoms with Gasteiger partial charge in [0, 0.05) is 44.0 Å². The third-order valence-electron chi connectivity index (χ3n) is 5.15. The summed E-state index contributed by atoms with van der Waals surface area (Å²) in [6.07, 6.45) is 0.522. The van der Waals surface area contributed by atoms with Crippen LogP contribution >= 0.6 is 0 Å². The monoisotopic (exact) mass is 429 g/mol. The Labute approximate surface area is 177 Å². The molecule has 160 valence electrons. The van der Waals surface area contributed by atoms with Gasteiger partial charge in [-0.05, 0) is 43.3 Å². The normalized spacial score (nSPS) is 14.5. The molecule has 0 spiro atoms. The molecule has 0 saturated carbocycles. The smallest absolute Gasteiger partial charge is 0.239 e. The summed E-state index contributed by atoms with van der Waals surface area (Å²) in [5.74, 6) is -1.01. The minimum Gasteiger partial charge on any atom is -0.368 e. The number of nitrogens with one attached hydrogen (secondary N) is 1. The van der Waals surface area contributed by atoms with Gasteiger partial charge in [-0.15, -0.1) is 0 Å². The number of benzene rings is 2. The number of hydrogen-bond acceptors (Lipinski definition) is 5. The summed E-state index contributed by atoms with van der Waals surface area (Å²) in [5.41, 5.74) is 2.50. The average molecular weight is 430 g/mol. The second-order valence-corrected chi connectivity index (χ2v) is 9.38. The van der Waals surface area contributed by atoms with E-state index in [0.717, 1.165) is 24.3 Å². The summed E-state index contributed by atoms with van der Waals surface area (Å²) in [7, 11) is -3.69. The Morgan fingerprint density at radius 2 is 1.53 bits per heavy atom. The van der Waals surface area contributed by atoms with Crippen LogP contribution in [-0.2, 0) is 19.4 Å². The maximum atomic E-state index is 12.4. The van der Waals surface area contributed by atoms with Crippen molar-refractivity contribution in [2.45, 2.75) is 25.2 Å². The van der Waals surface area contributed by atoms with E-state index in [1.54, 1.807) is 24.3 Å². The van der Waals surface area contributed by atoms with E-state index in [4.69, 9.17) is 0 Å². The quantitative estimate of drug-likeness (QED) is 0.762. The van der Waals surface area contributed by atoms with Crippen molar-refractivity contribution in [1.82, 2.24) is 4.90 Å². The highest BCUT2D eigenvalue weighted by atomic mass is 32.2. The van der Waals surface area contributed by atoms with Gasteiger partial charge in [-0.25, -0.2) is 8.42 Å². The third-order valence-corrected chi connectivity index (χ3v) is 6.78. The molecule has 1 fully saturated rings. The van der Waals surface area contributed by atoms with Crippen LogP contribution in [0, 0.1) is 6.92 Å². The number of carbonyl (C=O) groups excluding carboxylic acids is 2. The van der Waals surface area contributed by atoms with E-state index >= 15 is 0 Å². The summed E-state index contributed by atoms with van der Waals surface area (Å²) in [5, 5.41) is 2.65. The van der Waals surface area contributed by atoms with Crippen molar-refractivity contribution in [2.24, 2.45) is 0 Å². The molecule has 3 rings (SSSR count). The van der Waals surface area contributed by atoms with Crippen molar-refractivity contribution < 1.29 is 18.0 Å². The molecule has 2 aromatic rings. The maximum absolute atomic E-state index is 12.4. The Bertz CT molecular complexity index is 994. The number of sulfone groups is 1. The number of piperazine rings is 1. The first-order valence-electron chi connectivity index (χ1n) is 10.0. The van der Waals surface area contributed by atoms with Crippen molar-refractivity contribution in [3.05, 3.63) is 54.1 Å². The molecule has 1 heterocycles. The summed E-state index contributed by atoms with van der Waals surface area (Å²) in [4.78, 5) is 28.2. The highest BCUT2D eigenvalue weighted by molar-refractivity contribution is 7.92. The van der Waals surface area contributed by atoms with E-state index in [9.17, 15) is 18.0 Å². The van der Waals surface area contributed by atoms with E-state index in [0.29, 0.717) is 25.2 Å². The van der Waals surface area contributed by atoms with Crippen LogP contribution in [0.15, 0.2) is 53.4 Å². The molecule has 2 amide bonds. The molecule has 0 atom stereocenters. The van der Waals surface area contributed by atoms with Crippen molar-refractivity contribution in [3.63, 3.8) is 0 Å². The second kappa shape index (κ2) is 9.30. The lowest BCUT2D eigenvalue weighted by Crippen LogP contribution is -2.48. The molecule has 8 heteroatoms. The van der Waals surface area contributed by atoms with E-state index in [-0.39, 0.29) is 10.8 Å². The standard InChI is InChI=1S/C22H27N3O4S/c1-3-22(27)25-14-12-24(13-15-25)19-8-6-18(7-9-19)23-21(26)16-30(28,29)20-10-4-17(2)5-11-20/h4-11H,3,12-16H2,1-2H3,(H,23,26). The van der Waals surface area contributed by atoms with Crippen LogP contribution in [0.3, 0.4) is 0 Å². The lowest BCUT2D eigenvalue weighted by atomic mass is 10.2. The van der Waals surface area contributed by atoms with Crippen LogP contribution in [0.4, 0.5) is 11.4 Å². The van der Waals surface area contributed by atoms with Crippen LogP contribution in [0.1, 0.15) is 18.9 Å². The van der Waals surface area contributed by atoms with Crippen molar-refractivity contribution in [3.8, 4) is 0 Å². The molecule has 1 N–H and O–H groups in total. The van der Waals surface area contributed by atoms with Crippen molar-refractivity contribution >= 4 is 33.0 Å². The number of hydrogen-bond donors (Lipinski definition) is 1. The minimum atomic E-state index is -3.69. The topological polar surface area (TPSA) is 86.8 Å². The van der Waals surface area contributed by atoms with E-state index < -0.39 is 21.5 Å². The van der Waals surface area contributed by atoms with Gasteiger partial charge in [-0.3, -0.25) is 9.59 Å². The number of nitrogens with zero attached hydrogens (tertiary/aromatic N) is 2. The van der Waals surface area contributed by atoms with E-state index in [1.807, 2.05) is 30.9 Å². The number of amides is 2. The van der Waals surface area contributed by atoms with Gasteiger partial charge in [0.15, 0.2) is 9.84 Å². The van der Waals surface area contributed by atoms with Crippen LogP contribution < -0.4 is 10.2 Å². The van der Waals surface area contributed by atoms with Gasteiger partial charge < -0.3 is 15.1 Å². The second-order valence-electron chi connectivity index (χ2n) is 7.39. The Hall–Kier alpha value is -2.87. The zero-order valence-corrected chi connectivity index (χ0v) is 18.1. The van der Waals surface area contributed by atoms with Gasteiger partial charge in [0.05, 0.1) is 4.90 Å². The van der Waals surface area contributed by atoms with Gasteiger partial charge >= 0.3 is 0 Å². The molecule has 1 aliphatic rings. The Kier molecular flexibility index (Phi) is 6.77. The number of carbonyl (C=O) groups is 2. The first-order valence-corrected chi connectivity index (χ1v) is 11.7. The highest BCUT2D eigenvalue weighted by Crippen LogP contribution is 2.20. The predicted molar refractivity (Wildman–Crippen MR) is 117 cm³/mol. The van der Waals surface area contributed by atoms with Crippen LogP contribution in [0.25, 0.3) is 0 Å². The molecule has 7 nitrogen and oxygen atoms in total. The van der Waals surface area contributed by atoms with Gasteiger partial charge in [0.1, 0.15) is 5.75 Å². The summed E-state index contributed by atoms with van der Waals surface area (Å²) >= 11 is 0. The van der Waals surface area contributed by atoms with Crippen LogP contribution in [-0.4, -0.2) is 57.1 Å². The molecule has 0 bridgehead atoms. The Balaban J connectivity index is 1.56. The molecule has 0 radical (unpaired) electrons. The minimum absolute atomic E-state index is 0.138. The lowest BCUT2D eigenvalue weighted by molar-refractivity contribution is -0.131. The van der Waals surface area contributed by atoms with E-state index in [2.05, 4.69) is 10.2 Å². The average Bonchev–Trinajstić information content (AvgIpc) is 2.73. The van der Waals surface area contributed by atoms with E-state index in [1.165, 1.54) is 12.1 Å².